The molecule has 0 saturated heterocycles. The molecule has 0 aliphatic carbocycles. The Hall–Kier alpha value is -1.48. The summed E-state index contributed by atoms with van der Waals surface area (Å²) in [5.41, 5.74) is 8.90. The molecule has 16 heavy (non-hydrogen) atoms. The lowest BCUT2D eigenvalue weighted by Gasteiger charge is -2.09. The summed E-state index contributed by atoms with van der Waals surface area (Å²) >= 11 is 3.44. The molecule has 0 unspecified atom stereocenters. The van der Waals surface area contributed by atoms with Crippen LogP contribution < -0.4 is 11.1 Å². The highest BCUT2D eigenvalue weighted by Gasteiger charge is 1.99. The quantitative estimate of drug-likeness (QED) is 0.840. The Morgan fingerprint density at radius 1 is 1.06 bits per heavy atom. The molecule has 0 saturated carbocycles. The van der Waals surface area contributed by atoms with Gasteiger partial charge in [0.15, 0.2) is 0 Å². The minimum atomic E-state index is 0.731. The van der Waals surface area contributed by atoms with Crippen LogP contribution in [0.3, 0.4) is 0 Å². The fourth-order valence-electron chi connectivity index (χ4n) is 1.48. The third-order valence-corrected chi connectivity index (χ3v) is 2.86. The molecule has 0 spiro atoms. The van der Waals surface area contributed by atoms with Crippen LogP contribution in [0.25, 0.3) is 0 Å². The minimum Gasteiger partial charge on any atom is -0.398 e. The molecule has 2 rings (SSSR count). The van der Waals surface area contributed by atoms with E-state index >= 15 is 0 Å². The molecule has 0 amide bonds. The van der Waals surface area contributed by atoms with Crippen LogP contribution in [0.4, 0.5) is 11.4 Å². The van der Waals surface area contributed by atoms with Gasteiger partial charge < -0.3 is 11.1 Å². The third-order valence-electron chi connectivity index (χ3n) is 2.36. The van der Waals surface area contributed by atoms with Crippen LogP contribution in [-0.2, 0) is 6.54 Å². The Labute approximate surface area is 104 Å². The molecule has 0 aliphatic heterocycles. The number of nitrogens with two attached hydrogens (primary N) is 1. The molecule has 0 bridgehead atoms. The highest BCUT2D eigenvalue weighted by atomic mass is 79.9. The van der Waals surface area contributed by atoms with Gasteiger partial charge in [0.2, 0.25) is 0 Å². The minimum absolute atomic E-state index is 0.731. The summed E-state index contributed by atoms with van der Waals surface area (Å²) in [5, 5.41) is 3.33. The van der Waals surface area contributed by atoms with E-state index in [1.165, 1.54) is 0 Å². The average Bonchev–Trinajstić information content (AvgIpc) is 2.32. The van der Waals surface area contributed by atoms with Crippen LogP contribution in [0.1, 0.15) is 5.56 Å². The monoisotopic (exact) mass is 276 g/mol. The first-order valence-electron chi connectivity index (χ1n) is 5.08. The van der Waals surface area contributed by atoms with Crippen LogP contribution in [0.5, 0.6) is 0 Å². The zero-order valence-electron chi connectivity index (χ0n) is 8.78. The SMILES string of the molecule is Nc1ccc(Br)cc1CNc1ccccc1. The molecule has 2 aromatic carbocycles. The van der Waals surface area contributed by atoms with Gasteiger partial charge in [-0.25, -0.2) is 0 Å². The van der Waals surface area contributed by atoms with E-state index in [9.17, 15) is 0 Å². The number of hydrogen-bond donors (Lipinski definition) is 2. The summed E-state index contributed by atoms with van der Waals surface area (Å²) in [6, 6.07) is 16.0. The Kier molecular flexibility index (Phi) is 3.47. The van der Waals surface area contributed by atoms with E-state index in [-0.39, 0.29) is 0 Å². The van der Waals surface area contributed by atoms with Crippen molar-refractivity contribution in [1.82, 2.24) is 0 Å². The van der Waals surface area contributed by atoms with E-state index in [0.717, 1.165) is 28.0 Å². The van der Waals surface area contributed by atoms with E-state index in [1.807, 2.05) is 48.5 Å². The summed E-state index contributed by atoms with van der Waals surface area (Å²) in [4.78, 5) is 0. The number of rotatable bonds is 3. The zero-order chi connectivity index (χ0) is 11.4. The van der Waals surface area contributed by atoms with Gasteiger partial charge in [-0.15, -0.1) is 0 Å². The molecule has 0 atom stereocenters. The number of nitrogen functional groups attached to an aromatic ring is 1. The standard InChI is InChI=1S/C13H13BrN2/c14-11-6-7-13(15)10(8-11)9-16-12-4-2-1-3-5-12/h1-8,16H,9,15H2. The number of para-hydroxylation sites is 1. The molecule has 0 fully saturated rings. The molecular weight excluding hydrogens is 264 g/mol. The van der Waals surface area contributed by atoms with Gasteiger partial charge in [0.1, 0.15) is 0 Å². The normalized spacial score (nSPS) is 10.1. The number of benzene rings is 2. The molecule has 0 aliphatic rings. The molecule has 3 N–H and O–H groups in total. The fourth-order valence-corrected chi connectivity index (χ4v) is 1.89. The van der Waals surface area contributed by atoms with Crippen molar-refractivity contribution in [2.75, 3.05) is 11.1 Å². The second-order valence-electron chi connectivity index (χ2n) is 3.56. The average molecular weight is 277 g/mol. The van der Waals surface area contributed by atoms with Gasteiger partial charge in [0, 0.05) is 22.4 Å². The largest absolute Gasteiger partial charge is 0.398 e. The Bertz CT molecular complexity index is 469. The molecule has 2 nitrogen and oxygen atoms in total. The van der Waals surface area contributed by atoms with Crippen LogP contribution in [0.15, 0.2) is 53.0 Å². The highest BCUT2D eigenvalue weighted by molar-refractivity contribution is 9.10. The predicted octanol–water partition coefficient (Wildman–Crippen LogP) is 3.64. The van der Waals surface area contributed by atoms with E-state index in [2.05, 4.69) is 21.2 Å². The van der Waals surface area contributed by atoms with Gasteiger partial charge in [0.05, 0.1) is 0 Å². The maximum atomic E-state index is 5.89. The zero-order valence-corrected chi connectivity index (χ0v) is 10.4. The van der Waals surface area contributed by atoms with Crippen LogP contribution in [0.2, 0.25) is 0 Å². The van der Waals surface area contributed by atoms with Gasteiger partial charge in [-0.05, 0) is 35.9 Å². The maximum absolute atomic E-state index is 5.89. The molecule has 3 heteroatoms. The molecular formula is C13H13BrN2. The second-order valence-corrected chi connectivity index (χ2v) is 4.48. The summed E-state index contributed by atoms with van der Waals surface area (Å²) in [5.74, 6) is 0. The predicted molar refractivity (Wildman–Crippen MR) is 72.3 cm³/mol. The van der Waals surface area contributed by atoms with Crippen molar-refractivity contribution in [2.45, 2.75) is 6.54 Å². The Morgan fingerprint density at radius 2 is 1.81 bits per heavy atom. The first-order chi connectivity index (χ1) is 7.75. The Balaban J connectivity index is 2.08. The van der Waals surface area contributed by atoms with Gasteiger partial charge in [-0.1, -0.05) is 34.1 Å². The summed E-state index contributed by atoms with van der Waals surface area (Å²) in [7, 11) is 0. The van der Waals surface area contributed by atoms with Gasteiger partial charge in [-0.2, -0.15) is 0 Å². The van der Waals surface area contributed by atoms with Crippen molar-refractivity contribution >= 4 is 27.3 Å². The summed E-state index contributed by atoms with van der Waals surface area (Å²) in [6.45, 7) is 0.731. The van der Waals surface area contributed by atoms with Crippen molar-refractivity contribution in [3.63, 3.8) is 0 Å². The lowest BCUT2D eigenvalue weighted by molar-refractivity contribution is 1.15. The Morgan fingerprint density at radius 3 is 2.56 bits per heavy atom. The van der Waals surface area contributed by atoms with Crippen molar-refractivity contribution < 1.29 is 0 Å². The summed E-state index contributed by atoms with van der Waals surface area (Å²) < 4.78 is 1.05. The lowest BCUT2D eigenvalue weighted by Crippen LogP contribution is -2.02. The highest BCUT2D eigenvalue weighted by Crippen LogP contribution is 2.19. The number of nitrogens with one attached hydrogen (secondary N) is 1. The second kappa shape index (κ2) is 5.03. The molecule has 0 heterocycles. The van der Waals surface area contributed by atoms with Gasteiger partial charge in [-0.3, -0.25) is 0 Å². The van der Waals surface area contributed by atoms with Crippen molar-refractivity contribution in [2.24, 2.45) is 0 Å². The van der Waals surface area contributed by atoms with Gasteiger partial charge >= 0.3 is 0 Å². The number of hydrogen-bond acceptors (Lipinski definition) is 2. The fraction of sp³-hybridized carbons (Fsp3) is 0.0769. The summed E-state index contributed by atoms with van der Waals surface area (Å²) in [6.07, 6.45) is 0. The van der Waals surface area contributed by atoms with E-state index < -0.39 is 0 Å². The van der Waals surface area contributed by atoms with Crippen LogP contribution >= 0.6 is 15.9 Å². The van der Waals surface area contributed by atoms with E-state index in [4.69, 9.17) is 5.73 Å². The van der Waals surface area contributed by atoms with E-state index in [0.29, 0.717) is 0 Å². The smallest absolute Gasteiger partial charge is 0.0421 e. The van der Waals surface area contributed by atoms with Crippen molar-refractivity contribution in [3.05, 3.63) is 58.6 Å². The van der Waals surface area contributed by atoms with Crippen molar-refractivity contribution in [1.29, 1.82) is 0 Å². The molecule has 0 radical (unpaired) electrons. The topological polar surface area (TPSA) is 38.0 Å². The first kappa shape index (κ1) is 11.0. The number of halogens is 1. The maximum Gasteiger partial charge on any atom is 0.0421 e. The molecule has 0 aromatic heterocycles. The third kappa shape index (κ3) is 2.76. The van der Waals surface area contributed by atoms with Crippen LogP contribution in [-0.4, -0.2) is 0 Å². The van der Waals surface area contributed by atoms with E-state index in [1.54, 1.807) is 0 Å². The molecule has 2 aromatic rings. The van der Waals surface area contributed by atoms with Crippen LogP contribution in [0, 0.1) is 0 Å². The first-order valence-corrected chi connectivity index (χ1v) is 5.88. The van der Waals surface area contributed by atoms with Crippen molar-refractivity contribution in [3.8, 4) is 0 Å². The van der Waals surface area contributed by atoms with Gasteiger partial charge in [0.25, 0.3) is 0 Å². The lowest BCUT2D eigenvalue weighted by atomic mass is 10.2. The molecule has 82 valence electrons. The number of anilines is 2.